The number of nitrogens with zero attached hydrogens (tertiary/aromatic N) is 2. The van der Waals surface area contributed by atoms with Gasteiger partial charge in [-0.05, 0) is 11.5 Å². The van der Waals surface area contributed by atoms with Crippen molar-refractivity contribution >= 4 is 17.5 Å². The molecule has 4 nitrogen and oxygen atoms in total. The lowest BCUT2D eigenvalue weighted by Gasteiger charge is -1.87. The Morgan fingerprint density at radius 2 is 2.60 bits per heavy atom. The molecule has 0 aliphatic heterocycles. The van der Waals surface area contributed by atoms with Crippen molar-refractivity contribution in [2.75, 3.05) is 0 Å². The number of hydrogen-bond donors (Lipinski definition) is 1. The van der Waals surface area contributed by atoms with Crippen LogP contribution in [0.4, 0.5) is 0 Å². The fourth-order valence-corrected chi connectivity index (χ4v) is 0.997. The molecular formula is C5H6N2O2S. The van der Waals surface area contributed by atoms with Crippen LogP contribution in [0.15, 0.2) is 5.51 Å². The summed E-state index contributed by atoms with van der Waals surface area (Å²) in [7, 11) is 0. The molecule has 0 saturated carbocycles. The molecule has 0 bridgehead atoms. The maximum atomic E-state index is 10.0. The molecule has 1 N–H and O–H groups in total. The summed E-state index contributed by atoms with van der Waals surface area (Å²) in [5.74, 6) is -0.192. The first-order valence-corrected chi connectivity index (χ1v) is 3.60. The highest BCUT2D eigenvalue weighted by Crippen LogP contribution is 1.97. The molecule has 0 aliphatic carbocycles. The molecule has 0 spiro atoms. The first kappa shape index (κ1) is 7.14. The van der Waals surface area contributed by atoms with Gasteiger partial charge in [-0.3, -0.25) is 4.79 Å². The third-order valence-electron chi connectivity index (χ3n) is 0.969. The van der Waals surface area contributed by atoms with Crippen molar-refractivity contribution in [2.24, 2.45) is 0 Å². The molecule has 1 rings (SSSR count). The summed E-state index contributed by atoms with van der Waals surface area (Å²) < 4.78 is 3.86. The molecule has 54 valence electrons. The zero-order chi connectivity index (χ0) is 7.40. The molecule has 0 radical (unpaired) electrons. The molecule has 0 aromatic carbocycles. The Bertz CT molecular complexity index is 209. The summed E-state index contributed by atoms with van der Waals surface area (Å²) in [5.41, 5.74) is 1.59. The molecule has 0 atom stereocenters. The minimum Gasteiger partial charge on any atom is -0.481 e. The zero-order valence-corrected chi connectivity index (χ0v) is 5.97. The van der Waals surface area contributed by atoms with E-state index in [4.69, 9.17) is 5.11 Å². The minimum atomic E-state index is -0.810. The Morgan fingerprint density at radius 1 is 1.80 bits per heavy atom. The quantitative estimate of drug-likeness (QED) is 0.698. The van der Waals surface area contributed by atoms with E-state index in [0.717, 1.165) is 0 Å². The van der Waals surface area contributed by atoms with E-state index >= 15 is 0 Å². The molecule has 0 saturated heterocycles. The second kappa shape index (κ2) is 3.26. The predicted molar refractivity (Wildman–Crippen MR) is 35.9 cm³/mol. The lowest BCUT2D eigenvalue weighted by Crippen LogP contribution is -1.98. The van der Waals surface area contributed by atoms with Gasteiger partial charge in [0.15, 0.2) is 0 Å². The van der Waals surface area contributed by atoms with Crippen LogP contribution in [-0.2, 0) is 11.2 Å². The number of rotatable bonds is 3. The number of hydrogen-bond acceptors (Lipinski definition) is 4. The molecule has 0 unspecified atom stereocenters. The highest BCUT2D eigenvalue weighted by molar-refractivity contribution is 7.03. The average molecular weight is 158 g/mol. The molecule has 0 amide bonds. The average Bonchev–Trinajstić information content (AvgIpc) is 2.34. The highest BCUT2D eigenvalue weighted by Gasteiger charge is 2.00. The summed E-state index contributed by atoms with van der Waals surface area (Å²) in [6.07, 6.45) is 0.537. The molecular weight excluding hydrogens is 152 g/mol. The van der Waals surface area contributed by atoms with Crippen LogP contribution in [-0.4, -0.2) is 20.4 Å². The van der Waals surface area contributed by atoms with Crippen LogP contribution in [0.5, 0.6) is 0 Å². The van der Waals surface area contributed by atoms with E-state index in [1.165, 1.54) is 11.5 Å². The van der Waals surface area contributed by atoms with Crippen molar-refractivity contribution in [1.82, 2.24) is 9.36 Å². The van der Waals surface area contributed by atoms with E-state index in [2.05, 4.69) is 9.36 Å². The van der Waals surface area contributed by atoms with Crippen LogP contribution in [0.1, 0.15) is 12.2 Å². The van der Waals surface area contributed by atoms with Gasteiger partial charge < -0.3 is 5.11 Å². The normalized spacial score (nSPS) is 9.60. The number of carbonyl (C=O) groups is 1. The van der Waals surface area contributed by atoms with Gasteiger partial charge in [-0.1, -0.05) is 0 Å². The van der Waals surface area contributed by atoms with Gasteiger partial charge in [0.1, 0.15) is 11.3 Å². The van der Waals surface area contributed by atoms with Gasteiger partial charge in [-0.25, -0.2) is 4.98 Å². The second-order valence-electron chi connectivity index (χ2n) is 1.74. The van der Waals surface area contributed by atoms with Crippen molar-refractivity contribution in [2.45, 2.75) is 12.8 Å². The predicted octanol–water partition coefficient (Wildman–Crippen LogP) is 0.555. The molecule has 1 aromatic rings. The van der Waals surface area contributed by atoms with Crippen molar-refractivity contribution < 1.29 is 9.90 Å². The first-order valence-electron chi connectivity index (χ1n) is 2.76. The van der Waals surface area contributed by atoms with E-state index in [0.29, 0.717) is 12.2 Å². The third kappa shape index (κ3) is 2.10. The summed E-state index contributed by atoms with van der Waals surface area (Å²) >= 11 is 1.24. The summed E-state index contributed by atoms with van der Waals surface area (Å²) in [5, 5.41) is 8.26. The molecule has 10 heavy (non-hydrogen) atoms. The molecule has 1 heterocycles. The smallest absolute Gasteiger partial charge is 0.303 e. The fourth-order valence-electron chi connectivity index (χ4n) is 0.521. The largest absolute Gasteiger partial charge is 0.481 e. The van der Waals surface area contributed by atoms with E-state index in [-0.39, 0.29) is 6.42 Å². The third-order valence-corrected chi connectivity index (χ3v) is 1.49. The van der Waals surface area contributed by atoms with E-state index in [1.54, 1.807) is 5.51 Å². The number of aliphatic carboxylic acids is 1. The monoisotopic (exact) mass is 158 g/mol. The van der Waals surface area contributed by atoms with Gasteiger partial charge in [0.25, 0.3) is 0 Å². The first-order chi connectivity index (χ1) is 4.79. The standard InChI is InChI=1S/C5H6N2O2S/c8-5(9)2-1-4-6-3-10-7-4/h3H,1-2H2,(H,8,9). The van der Waals surface area contributed by atoms with E-state index < -0.39 is 5.97 Å². The highest BCUT2D eigenvalue weighted by atomic mass is 32.1. The van der Waals surface area contributed by atoms with Gasteiger partial charge >= 0.3 is 5.97 Å². The Hall–Kier alpha value is -0.970. The van der Waals surface area contributed by atoms with Crippen LogP contribution in [0.2, 0.25) is 0 Å². The van der Waals surface area contributed by atoms with Crippen LogP contribution < -0.4 is 0 Å². The topological polar surface area (TPSA) is 63.1 Å². The van der Waals surface area contributed by atoms with Crippen LogP contribution in [0.3, 0.4) is 0 Å². The van der Waals surface area contributed by atoms with Crippen LogP contribution in [0.25, 0.3) is 0 Å². The Balaban J connectivity index is 2.35. The summed E-state index contributed by atoms with van der Waals surface area (Å²) in [4.78, 5) is 13.9. The number of aromatic nitrogens is 2. The molecule has 5 heteroatoms. The summed E-state index contributed by atoms with van der Waals surface area (Å²) in [6, 6.07) is 0. The number of carboxylic acids is 1. The molecule has 1 aromatic heterocycles. The number of carboxylic acid groups (broad SMARTS) is 1. The second-order valence-corrected chi connectivity index (χ2v) is 2.35. The van der Waals surface area contributed by atoms with Gasteiger partial charge in [0.05, 0.1) is 6.42 Å². The zero-order valence-electron chi connectivity index (χ0n) is 5.15. The van der Waals surface area contributed by atoms with Gasteiger partial charge in [-0.15, -0.1) is 0 Å². The number of aryl methyl sites for hydroxylation is 1. The fraction of sp³-hybridized carbons (Fsp3) is 0.400. The maximum Gasteiger partial charge on any atom is 0.303 e. The maximum absolute atomic E-state index is 10.0. The summed E-state index contributed by atoms with van der Waals surface area (Å²) in [6.45, 7) is 0. The Kier molecular flexibility index (Phi) is 2.33. The molecule has 0 aliphatic rings. The van der Waals surface area contributed by atoms with E-state index in [1.807, 2.05) is 0 Å². The minimum absolute atomic E-state index is 0.108. The van der Waals surface area contributed by atoms with Gasteiger partial charge in [-0.2, -0.15) is 4.37 Å². The van der Waals surface area contributed by atoms with Crippen LogP contribution in [0, 0.1) is 0 Å². The van der Waals surface area contributed by atoms with Crippen molar-refractivity contribution in [3.8, 4) is 0 Å². The Labute approximate surface area is 61.7 Å². The lowest BCUT2D eigenvalue weighted by atomic mass is 10.3. The van der Waals surface area contributed by atoms with E-state index in [9.17, 15) is 4.79 Å². The van der Waals surface area contributed by atoms with Gasteiger partial charge in [0, 0.05) is 6.42 Å². The lowest BCUT2D eigenvalue weighted by molar-refractivity contribution is -0.137. The molecule has 0 fully saturated rings. The van der Waals surface area contributed by atoms with Crippen molar-refractivity contribution in [1.29, 1.82) is 0 Å². The Morgan fingerprint density at radius 3 is 3.10 bits per heavy atom. The van der Waals surface area contributed by atoms with Crippen LogP contribution >= 0.6 is 11.5 Å². The van der Waals surface area contributed by atoms with Gasteiger partial charge in [0.2, 0.25) is 0 Å². The SMILES string of the molecule is O=C(O)CCc1ncsn1. The van der Waals surface area contributed by atoms with Crippen molar-refractivity contribution in [3.63, 3.8) is 0 Å². The van der Waals surface area contributed by atoms with Crippen molar-refractivity contribution in [3.05, 3.63) is 11.3 Å².